The number of hydrogen-bond acceptors (Lipinski definition) is 4. The fraction of sp³-hybridized carbons (Fsp3) is 0.391. The maximum Gasteiger partial charge on any atom is 0.265 e. The fourth-order valence-electron chi connectivity index (χ4n) is 3.41. The van der Waals surface area contributed by atoms with Crippen molar-refractivity contribution in [3.05, 3.63) is 53.6 Å². The fourth-order valence-corrected chi connectivity index (χ4v) is 3.41. The lowest BCUT2D eigenvalue weighted by Gasteiger charge is -2.29. The number of hydrogen-bond donors (Lipinski definition) is 2. The molecule has 0 aliphatic carbocycles. The number of carbonyl (C=O) groups is 1. The zero-order valence-corrected chi connectivity index (χ0v) is 20.6. The molecule has 0 aromatic heterocycles. The van der Waals surface area contributed by atoms with E-state index in [1.54, 1.807) is 19.1 Å². The van der Waals surface area contributed by atoms with Gasteiger partial charge in [-0.2, -0.15) is 0 Å². The number of nitrogens with zero attached hydrogens (tertiary/aromatic N) is 2. The van der Waals surface area contributed by atoms with Crippen LogP contribution in [0, 0.1) is 6.92 Å². The minimum Gasteiger partial charge on any atom is -0.496 e. The molecule has 1 amide bonds. The molecule has 8 heteroatoms. The molecule has 0 saturated carbocycles. The van der Waals surface area contributed by atoms with E-state index in [2.05, 4.69) is 33.8 Å². The smallest absolute Gasteiger partial charge is 0.265 e. The number of halogens is 1. The van der Waals surface area contributed by atoms with Crippen LogP contribution < -0.4 is 25.0 Å². The van der Waals surface area contributed by atoms with Crippen LogP contribution in [0.1, 0.15) is 17.5 Å². The van der Waals surface area contributed by atoms with Gasteiger partial charge in [0.25, 0.3) is 5.91 Å². The van der Waals surface area contributed by atoms with E-state index < -0.39 is 0 Å². The first-order chi connectivity index (χ1) is 14.6. The minimum atomic E-state index is -0.00951. The second-order valence-corrected chi connectivity index (χ2v) is 7.14. The third-order valence-electron chi connectivity index (χ3n) is 5.06. The van der Waals surface area contributed by atoms with Crippen LogP contribution in [0.5, 0.6) is 11.5 Å². The van der Waals surface area contributed by atoms with E-state index >= 15 is 0 Å². The van der Waals surface area contributed by atoms with E-state index in [0.717, 1.165) is 48.1 Å². The van der Waals surface area contributed by atoms with Gasteiger partial charge in [-0.15, -0.1) is 24.0 Å². The highest BCUT2D eigenvalue weighted by molar-refractivity contribution is 14.0. The Balaban J connectivity index is 0.00000341. The van der Waals surface area contributed by atoms with Crippen LogP contribution in [0.25, 0.3) is 0 Å². The van der Waals surface area contributed by atoms with E-state index in [1.807, 2.05) is 31.2 Å². The summed E-state index contributed by atoms with van der Waals surface area (Å²) in [7, 11) is 3.45. The van der Waals surface area contributed by atoms with Crippen molar-refractivity contribution in [2.24, 2.45) is 4.99 Å². The van der Waals surface area contributed by atoms with Crippen molar-refractivity contribution in [1.82, 2.24) is 10.6 Å². The summed E-state index contributed by atoms with van der Waals surface area (Å²) >= 11 is 0. The van der Waals surface area contributed by atoms with Crippen LogP contribution in [-0.2, 0) is 11.2 Å². The predicted octanol–water partition coefficient (Wildman–Crippen LogP) is 3.14. The number of nitrogens with one attached hydrogen (secondary N) is 2. The average molecular weight is 538 g/mol. The first-order valence-corrected chi connectivity index (χ1v) is 10.2. The number of benzene rings is 2. The van der Waals surface area contributed by atoms with Crippen molar-refractivity contribution in [2.75, 3.05) is 45.3 Å². The van der Waals surface area contributed by atoms with E-state index in [9.17, 15) is 4.79 Å². The molecule has 0 bridgehead atoms. The topological polar surface area (TPSA) is 75.2 Å². The summed E-state index contributed by atoms with van der Waals surface area (Å²) in [6.45, 7) is 4.24. The number of fused-ring (bicyclic) bond motifs is 1. The normalized spacial score (nSPS) is 13.1. The molecule has 0 unspecified atom stereocenters. The average Bonchev–Trinajstić information content (AvgIpc) is 2.77. The van der Waals surface area contributed by atoms with Gasteiger partial charge in [0, 0.05) is 26.7 Å². The molecule has 2 aromatic rings. The van der Waals surface area contributed by atoms with Gasteiger partial charge in [0.05, 0.1) is 12.8 Å². The highest BCUT2D eigenvalue weighted by atomic mass is 127. The van der Waals surface area contributed by atoms with Crippen LogP contribution in [0.3, 0.4) is 0 Å². The lowest BCUT2D eigenvalue weighted by atomic mass is 10.1. The first kappa shape index (κ1) is 24.8. The Bertz CT molecular complexity index is 904. The number of methoxy groups -OCH3 is 1. The van der Waals surface area contributed by atoms with Crippen LogP contribution in [-0.4, -0.2) is 52.3 Å². The molecule has 2 aromatic carbocycles. The lowest BCUT2D eigenvalue weighted by Crippen LogP contribution is -2.42. The van der Waals surface area contributed by atoms with Crippen molar-refractivity contribution in [3.63, 3.8) is 0 Å². The van der Waals surface area contributed by atoms with Gasteiger partial charge in [0.2, 0.25) is 0 Å². The van der Waals surface area contributed by atoms with Crippen LogP contribution in [0.2, 0.25) is 0 Å². The molecular formula is C23H31IN4O3. The monoisotopic (exact) mass is 538 g/mol. The number of guanidine groups is 1. The zero-order valence-electron chi connectivity index (χ0n) is 18.3. The van der Waals surface area contributed by atoms with Crippen LogP contribution in [0.15, 0.2) is 47.5 Å². The van der Waals surface area contributed by atoms with Crippen molar-refractivity contribution < 1.29 is 14.3 Å². The number of carbonyl (C=O) groups excluding carboxylic acids is 1. The van der Waals surface area contributed by atoms with Gasteiger partial charge in [-0.05, 0) is 49.1 Å². The SMILES string of the molecule is CN=C(NCCCN1C(=O)COc2ccccc21)NCCc1ccc(C)c(OC)c1.I. The molecular weight excluding hydrogens is 507 g/mol. The van der Waals surface area contributed by atoms with Gasteiger partial charge >= 0.3 is 0 Å². The second-order valence-electron chi connectivity index (χ2n) is 7.14. The quantitative estimate of drug-likeness (QED) is 0.234. The van der Waals surface area contributed by atoms with Crippen molar-refractivity contribution >= 4 is 41.5 Å². The number of aliphatic imine (C=N–C) groups is 1. The predicted molar refractivity (Wildman–Crippen MR) is 135 cm³/mol. The number of rotatable bonds is 8. The summed E-state index contributed by atoms with van der Waals surface area (Å²) in [6.07, 6.45) is 1.67. The number of anilines is 1. The first-order valence-electron chi connectivity index (χ1n) is 10.2. The Kier molecular flexibility index (Phi) is 9.90. The molecule has 0 saturated heterocycles. The molecule has 1 aliphatic rings. The highest BCUT2D eigenvalue weighted by Crippen LogP contribution is 2.31. The van der Waals surface area contributed by atoms with Gasteiger partial charge in [-0.3, -0.25) is 9.79 Å². The maximum atomic E-state index is 12.2. The molecule has 1 aliphatic heterocycles. The maximum absolute atomic E-state index is 12.2. The standard InChI is InChI=1S/C23H30N4O3.HI/c1-17-9-10-18(15-21(17)29-3)11-13-26-23(24-2)25-12-6-14-27-19-7-4-5-8-20(19)30-16-22(27)28;/h4-5,7-10,15H,6,11-14,16H2,1-3H3,(H2,24,25,26);1H. The summed E-state index contributed by atoms with van der Waals surface area (Å²) in [5.74, 6) is 2.41. The second kappa shape index (κ2) is 12.4. The van der Waals surface area contributed by atoms with E-state index in [-0.39, 0.29) is 36.5 Å². The van der Waals surface area contributed by atoms with Gasteiger partial charge in [0.1, 0.15) is 11.5 Å². The largest absolute Gasteiger partial charge is 0.496 e. The summed E-state index contributed by atoms with van der Waals surface area (Å²) in [5, 5.41) is 6.64. The van der Waals surface area contributed by atoms with Crippen molar-refractivity contribution in [3.8, 4) is 11.5 Å². The minimum absolute atomic E-state index is 0. The zero-order chi connectivity index (χ0) is 21.3. The number of amides is 1. The van der Waals surface area contributed by atoms with Crippen LogP contribution in [0.4, 0.5) is 5.69 Å². The number of ether oxygens (including phenoxy) is 2. The molecule has 31 heavy (non-hydrogen) atoms. The van der Waals surface area contributed by atoms with Crippen molar-refractivity contribution in [2.45, 2.75) is 19.8 Å². The van der Waals surface area contributed by atoms with Gasteiger partial charge < -0.3 is 25.0 Å². The Morgan fingerprint density at radius 2 is 1.97 bits per heavy atom. The molecule has 0 atom stereocenters. The molecule has 0 fully saturated rings. The Morgan fingerprint density at radius 1 is 1.19 bits per heavy atom. The van der Waals surface area contributed by atoms with Crippen LogP contribution >= 0.6 is 24.0 Å². The van der Waals surface area contributed by atoms with Gasteiger partial charge in [-0.1, -0.05) is 24.3 Å². The van der Waals surface area contributed by atoms with E-state index in [4.69, 9.17) is 9.47 Å². The van der Waals surface area contributed by atoms with Crippen molar-refractivity contribution in [1.29, 1.82) is 0 Å². The summed E-state index contributed by atoms with van der Waals surface area (Å²) in [4.78, 5) is 18.3. The molecule has 2 N–H and O–H groups in total. The van der Waals surface area contributed by atoms with Gasteiger partial charge in [0.15, 0.2) is 12.6 Å². The summed E-state index contributed by atoms with van der Waals surface area (Å²) < 4.78 is 10.9. The molecule has 7 nitrogen and oxygen atoms in total. The van der Waals surface area contributed by atoms with E-state index in [0.29, 0.717) is 13.1 Å². The highest BCUT2D eigenvalue weighted by Gasteiger charge is 2.24. The third-order valence-corrected chi connectivity index (χ3v) is 5.06. The van der Waals surface area contributed by atoms with Gasteiger partial charge in [-0.25, -0.2) is 0 Å². The molecule has 0 spiro atoms. The summed E-state index contributed by atoms with van der Waals surface area (Å²) in [5.41, 5.74) is 3.18. The Labute approximate surface area is 201 Å². The molecule has 168 valence electrons. The van der Waals surface area contributed by atoms with E-state index in [1.165, 1.54) is 5.56 Å². The Hall–Kier alpha value is -2.49. The number of aryl methyl sites for hydroxylation is 1. The third kappa shape index (κ3) is 6.75. The molecule has 1 heterocycles. The molecule has 0 radical (unpaired) electrons. The molecule has 3 rings (SSSR count). The summed E-state index contributed by atoms with van der Waals surface area (Å²) in [6, 6.07) is 13.9. The Morgan fingerprint density at radius 3 is 2.74 bits per heavy atom. The number of para-hydroxylation sites is 2. The lowest BCUT2D eigenvalue weighted by molar-refractivity contribution is -0.121.